The summed E-state index contributed by atoms with van der Waals surface area (Å²) < 4.78 is 17.0. The van der Waals surface area contributed by atoms with Gasteiger partial charge in [-0.15, -0.1) is 0 Å². The van der Waals surface area contributed by atoms with Crippen molar-refractivity contribution in [3.8, 4) is 0 Å². The van der Waals surface area contributed by atoms with Gasteiger partial charge in [-0.25, -0.2) is 0 Å². The van der Waals surface area contributed by atoms with Crippen molar-refractivity contribution < 1.29 is 28.6 Å². The highest BCUT2D eigenvalue weighted by Crippen LogP contribution is 2.17. The second-order valence-electron chi connectivity index (χ2n) is 22.7. The van der Waals surface area contributed by atoms with Gasteiger partial charge in [-0.3, -0.25) is 14.4 Å². The monoisotopic (exact) mass is 1120 g/mol. The summed E-state index contributed by atoms with van der Waals surface area (Å²) in [4.78, 5) is 38.4. The first-order chi connectivity index (χ1) is 40.0. The third kappa shape index (κ3) is 66.8. The summed E-state index contributed by atoms with van der Waals surface area (Å²) in [7, 11) is 0. The molecule has 6 nitrogen and oxygen atoms in total. The summed E-state index contributed by atoms with van der Waals surface area (Å²) in [6.07, 6.45) is 93.9. The number of allylic oxidation sites excluding steroid dienone is 18. The van der Waals surface area contributed by atoms with Crippen molar-refractivity contribution in [2.75, 3.05) is 13.2 Å². The molecule has 0 saturated heterocycles. The molecule has 0 aliphatic carbocycles. The minimum atomic E-state index is -0.780. The average molecular weight is 1130 g/mol. The molecule has 81 heavy (non-hydrogen) atoms. The van der Waals surface area contributed by atoms with E-state index in [1.165, 1.54) is 173 Å². The predicted molar refractivity (Wildman–Crippen MR) is 353 cm³/mol. The molecule has 0 radical (unpaired) electrons. The Morgan fingerprint density at radius 3 is 0.753 bits per heavy atom. The Morgan fingerprint density at radius 1 is 0.259 bits per heavy atom. The fourth-order valence-corrected chi connectivity index (χ4v) is 9.70. The molecule has 1 atom stereocenters. The normalized spacial score (nSPS) is 12.8. The van der Waals surface area contributed by atoms with Crippen LogP contribution in [0.3, 0.4) is 0 Å². The maximum atomic E-state index is 12.9. The van der Waals surface area contributed by atoms with Crippen LogP contribution in [0.25, 0.3) is 0 Å². The molecule has 0 heterocycles. The van der Waals surface area contributed by atoms with E-state index in [-0.39, 0.29) is 31.1 Å². The van der Waals surface area contributed by atoms with Crippen LogP contribution >= 0.6 is 0 Å². The molecule has 0 rings (SSSR count). The Hall–Kier alpha value is -3.93. The summed E-state index contributed by atoms with van der Waals surface area (Å²) in [5, 5.41) is 0. The molecular weight excluding hydrogens is 997 g/mol. The fourth-order valence-electron chi connectivity index (χ4n) is 9.70. The quantitative estimate of drug-likeness (QED) is 0.0261. The van der Waals surface area contributed by atoms with Gasteiger partial charge in [-0.2, -0.15) is 0 Å². The number of carbonyl (C=O) groups is 3. The van der Waals surface area contributed by atoms with Crippen molar-refractivity contribution in [3.63, 3.8) is 0 Å². The van der Waals surface area contributed by atoms with Gasteiger partial charge in [0, 0.05) is 19.3 Å². The third-order valence-electron chi connectivity index (χ3n) is 14.8. The smallest absolute Gasteiger partial charge is 0.306 e. The lowest BCUT2D eigenvalue weighted by Gasteiger charge is -2.18. The van der Waals surface area contributed by atoms with Gasteiger partial charge in [0.1, 0.15) is 13.2 Å². The maximum absolute atomic E-state index is 12.9. The summed E-state index contributed by atoms with van der Waals surface area (Å²) in [6.45, 7) is 6.44. The second-order valence-corrected chi connectivity index (χ2v) is 22.7. The molecule has 0 aliphatic rings. The topological polar surface area (TPSA) is 78.9 Å². The molecule has 0 aromatic rings. The highest BCUT2D eigenvalue weighted by molar-refractivity contribution is 5.71. The third-order valence-corrected chi connectivity index (χ3v) is 14.8. The minimum absolute atomic E-state index is 0.0764. The Bertz CT molecular complexity index is 1620. The van der Waals surface area contributed by atoms with E-state index in [2.05, 4.69) is 130 Å². The molecule has 464 valence electrons. The van der Waals surface area contributed by atoms with Crippen molar-refractivity contribution >= 4 is 17.9 Å². The zero-order chi connectivity index (χ0) is 58.5. The molecule has 0 aromatic heterocycles. The lowest BCUT2D eigenvalue weighted by Crippen LogP contribution is -2.30. The Kier molecular flexibility index (Phi) is 65.2. The van der Waals surface area contributed by atoms with Crippen LogP contribution in [0.15, 0.2) is 109 Å². The van der Waals surface area contributed by atoms with Crippen LogP contribution in [-0.4, -0.2) is 37.2 Å². The van der Waals surface area contributed by atoms with E-state index in [4.69, 9.17) is 14.2 Å². The molecule has 1 unspecified atom stereocenters. The number of carbonyl (C=O) groups excluding carboxylic acids is 3. The molecule has 0 aliphatic heterocycles. The van der Waals surface area contributed by atoms with E-state index in [0.29, 0.717) is 19.3 Å². The summed E-state index contributed by atoms with van der Waals surface area (Å²) >= 11 is 0. The van der Waals surface area contributed by atoms with Crippen molar-refractivity contribution in [1.29, 1.82) is 0 Å². The molecule has 0 spiro atoms. The van der Waals surface area contributed by atoms with Gasteiger partial charge in [-0.05, 0) is 103 Å². The van der Waals surface area contributed by atoms with Crippen LogP contribution in [0.2, 0.25) is 0 Å². The van der Waals surface area contributed by atoms with Crippen LogP contribution in [0.5, 0.6) is 0 Å². The highest BCUT2D eigenvalue weighted by atomic mass is 16.6. The number of ether oxygens (including phenoxy) is 3. The average Bonchev–Trinajstić information content (AvgIpc) is 3.47. The van der Waals surface area contributed by atoms with Crippen molar-refractivity contribution in [2.45, 2.75) is 335 Å². The number of esters is 3. The molecule has 0 fully saturated rings. The van der Waals surface area contributed by atoms with Gasteiger partial charge in [0.25, 0.3) is 0 Å². The Balaban J connectivity index is 4.25. The lowest BCUT2D eigenvalue weighted by atomic mass is 10.0. The van der Waals surface area contributed by atoms with Crippen LogP contribution in [-0.2, 0) is 28.6 Å². The van der Waals surface area contributed by atoms with E-state index in [9.17, 15) is 14.4 Å². The van der Waals surface area contributed by atoms with Crippen LogP contribution in [0.1, 0.15) is 329 Å². The predicted octanol–water partition coefficient (Wildman–Crippen LogP) is 23.8. The fraction of sp³-hybridized carbons (Fsp3) is 0.720. The first-order valence-corrected chi connectivity index (χ1v) is 34.4. The molecule has 6 heteroatoms. The SMILES string of the molecule is CC/C=C\C/C=C\C/C=C\C/C=C\C/C=C\CCCCCCCCCCCCCC(=O)OCC(COC(=O)CCCCCCCCCCCCC)OC(=O)CCCCCCCCCCCCCC/C=C\C/C=C\C/C=C\C/C=C\CC. The Morgan fingerprint density at radius 2 is 0.481 bits per heavy atom. The maximum Gasteiger partial charge on any atom is 0.306 e. The molecule has 0 bridgehead atoms. The number of rotatable bonds is 62. The van der Waals surface area contributed by atoms with Gasteiger partial charge in [0.2, 0.25) is 0 Å². The van der Waals surface area contributed by atoms with E-state index < -0.39 is 6.10 Å². The van der Waals surface area contributed by atoms with Gasteiger partial charge in [0.05, 0.1) is 0 Å². The zero-order valence-corrected chi connectivity index (χ0v) is 53.3. The van der Waals surface area contributed by atoms with Gasteiger partial charge in [0.15, 0.2) is 6.10 Å². The molecule has 0 amide bonds. The Labute approximate surface area is 501 Å². The second kappa shape index (κ2) is 68.6. The molecule has 0 aromatic carbocycles. The summed E-state index contributed by atoms with van der Waals surface area (Å²) in [5.41, 5.74) is 0. The molecule has 0 saturated carbocycles. The van der Waals surface area contributed by atoms with Crippen LogP contribution in [0.4, 0.5) is 0 Å². The minimum Gasteiger partial charge on any atom is -0.462 e. The van der Waals surface area contributed by atoms with Gasteiger partial charge < -0.3 is 14.2 Å². The number of hydrogen-bond acceptors (Lipinski definition) is 6. The van der Waals surface area contributed by atoms with Gasteiger partial charge >= 0.3 is 17.9 Å². The standard InChI is InChI=1S/C75H128O6/c1-4-7-10-13-16-19-22-24-26-28-30-32-34-36-37-39-40-42-44-46-48-50-53-56-59-62-65-68-74(77)80-71-72(70-79-73(76)67-64-61-58-55-52-21-18-15-12-9-6-3)81-75(78)69-66-63-60-57-54-51-49-47-45-43-41-38-35-33-31-29-27-25-23-20-17-14-11-8-5-2/h7-8,10-11,16-17,19-20,24-27,30-33,36-37,72H,4-6,9,12-15,18,21-23,28-29,34-35,38-71H2,1-3H3/b10-7-,11-8-,19-16-,20-17-,26-24-,27-25-,32-30-,33-31-,37-36-. The van der Waals surface area contributed by atoms with E-state index in [0.717, 1.165) is 116 Å². The van der Waals surface area contributed by atoms with Gasteiger partial charge in [-0.1, -0.05) is 316 Å². The van der Waals surface area contributed by atoms with Crippen LogP contribution in [0, 0.1) is 0 Å². The van der Waals surface area contributed by atoms with Crippen molar-refractivity contribution in [2.24, 2.45) is 0 Å². The number of hydrogen-bond donors (Lipinski definition) is 0. The van der Waals surface area contributed by atoms with E-state index in [1.54, 1.807) is 0 Å². The van der Waals surface area contributed by atoms with Crippen molar-refractivity contribution in [1.82, 2.24) is 0 Å². The molecule has 0 N–H and O–H groups in total. The lowest BCUT2D eigenvalue weighted by molar-refractivity contribution is -0.167. The summed E-state index contributed by atoms with van der Waals surface area (Å²) in [6, 6.07) is 0. The van der Waals surface area contributed by atoms with E-state index in [1.807, 2.05) is 0 Å². The van der Waals surface area contributed by atoms with Crippen molar-refractivity contribution in [3.05, 3.63) is 109 Å². The zero-order valence-electron chi connectivity index (χ0n) is 53.3. The first kappa shape index (κ1) is 77.1. The summed E-state index contributed by atoms with van der Waals surface area (Å²) in [5.74, 6) is -0.869. The highest BCUT2D eigenvalue weighted by Gasteiger charge is 2.19. The largest absolute Gasteiger partial charge is 0.462 e. The van der Waals surface area contributed by atoms with E-state index >= 15 is 0 Å². The first-order valence-electron chi connectivity index (χ1n) is 34.4. The number of unbranched alkanes of at least 4 members (excludes halogenated alkanes) is 33. The van der Waals surface area contributed by atoms with Crippen LogP contribution < -0.4 is 0 Å². The molecular formula is C75H128O6.